The van der Waals surface area contributed by atoms with Gasteiger partial charge in [-0.15, -0.1) is 0 Å². The van der Waals surface area contributed by atoms with Gasteiger partial charge in [-0.1, -0.05) is 25.7 Å². The van der Waals surface area contributed by atoms with E-state index in [1.165, 1.54) is 0 Å². The first kappa shape index (κ1) is 24.6. The van der Waals surface area contributed by atoms with Gasteiger partial charge in [0, 0.05) is 32.9 Å². The summed E-state index contributed by atoms with van der Waals surface area (Å²) in [6, 6.07) is 5.31. The zero-order valence-electron chi connectivity index (χ0n) is 19.6. The van der Waals surface area contributed by atoms with Crippen molar-refractivity contribution in [3.8, 4) is 0 Å². The monoisotopic (exact) mass is 434 g/mol. The second kappa shape index (κ2) is 10.1. The van der Waals surface area contributed by atoms with Crippen LogP contribution >= 0.6 is 0 Å². The number of ether oxygens (including phenoxy) is 2. The molecule has 2 aromatic rings. The molecule has 0 radical (unpaired) electrons. The van der Waals surface area contributed by atoms with Gasteiger partial charge in [-0.3, -0.25) is 4.79 Å². The molecule has 0 spiro atoms. The molecule has 1 unspecified atom stereocenters. The molecular weight excluding hydrogens is 396 g/mol. The Morgan fingerprint density at radius 1 is 1.27 bits per heavy atom. The van der Waals surface area contributed by atoms with Crippen molar-refractivity contribution in [3.05, 3.63) is 29.5 Å². The molecule has 0 aliphatic rings. The Balaban J connectivity index is 2.03. The number of carbonyl (C=O) groups is 1. The highest BCUT2D eigenvalue weighted by Gasteiger charge is 2.21. The molecule has 0 fully saturated rings. The summed E-state index contributed by atoms with van der Waals surface area (Å²) >= 11 is 0. The van der Waals surface area contributed by atoms with Crippen LogP contribution < -0.4 is 0 Å². The zero-order valence-corrected chi connectivity index (χ0v) is 20.6. The number of fused-ring (bicyclic) bond motifs is 1. The number of nitrogens with zero attached hydrogens (tertiary/aromatic N) is 2. The second-order valence-electron chi connectivity index (χ2n) is 10.4. The van der Waals surface area contributed by atoms with Gasteiger partial charge in [0.05, 0.1) is 11.9 Å². The minimum absolute atomic E-state index is 0.0550. The van der Waals surface area contributed by atoms with Crippen molar-refractivity contribution in [3.63, 3.8) is 0 Å². The van der Waals surface area contributed by atoms with Gasteiger partial charge in [-0.05, 0) is 63.3 Å². The van der Waals surface area contributed by atoms with E-state index in [-0.39, 0.29) is 24.9 Å². The van der Waals surface area contributed by atoms with Crippen molar-refractivity contribution >= 4 is 24.9 Å². The predicted octanol–water partition coefficient (Wildman–Crippen LogP) is 4.54. The van der Waals surface area contributed by atoms with E-state index in [1.54, 1.807) is 0 Å². The molecule has 0 saturated carbocycles. The number of aliphatic hydroxyl groups excluding tert-OH is 1. The average molecular weight is 435 g/mol. The summed E-state index contributed by atoms with van der Waals surface area (Å²) in [5.41, 5.74) is 2.61. The highest BCUT2D eigenvalue weighted by Crippen LogP contribution is 2.23. The van der Waals surface area contributed by atoms with E-state index in [0.29, 0.717) is 13.2 Å². The summed E-state index contributed by atoms with van der Waals surface area (Å²) in [6.45, 7) is 15.8. The molecule has 0 aliphatic heterocycles. The van der Waals surface area contributed by atoms with Gasteiger partial charge in [0.2, 0.25) is 0 Å². The molecule has 1 atom stereocenters. The predicted molar refractivity (Wildman–Crippen MR) is 123 cm³/mol. The fourth-order valence-corrected chi connectivity index (χ4v) is 4.07. The quantitative estimate of drug-likeness (QED) is 0.338. The van der Waals surface area contributed by atoms with Crippen LogP contribution in [0.3, 0.4) is 0 Å². The van der Waals surface area contributed by atoms with Crippen LogP contribution in [0.15, 0.2) is 18.3 Å². The summed E-state index contributed by atoms with van der Waals surface area (Å²) in [5.74, 6) is -0.445. The molecule has 30 heavy (non-hydrogen) atoms. The second-order valence-corrected chi connectivity index (χ2v) is 16.0. The lowest BCUT2D eigenvalue weighted by atomic mass is 9.95. The number of esters is 1. The number of hydrogen-bond acceptors (Lipinski definition) is 5. The standard InChI is InChI=1S/C23H38N2O4Si/c1-17-10-18(11-19(15-26)13-21(27)29-23(2,3)4)12-20-14-25(24-22(17)20)16-28-8-9-30(5,6)7/h10,12,14,19,26H,8-9,11,13,15-16H2,1-7H3. The lowest BCUT2D eigenvalue weighted by Crippen LogP contribution is -2.26. The third-order valence-electron chi connectivity index (χ3n) is 4.78. The molecule has 7 heteroatoms. The maximum Gasteiger partial charge on any atom is 0.306 e. The van der Waals surface area contributed by atoms with Gasteiger partial charge < -0.3 is 14.6 Å². The Morgan fingerprint density at radius 3 is 2.57 bits per heavy atom. The van der Waals surface area contributed by atoms with Crippen LogP contribution in [0.5, 0.6) is 0 Å². The van der Waals surface area contributed by atoms with Crippen LogP contribution in [0.25, 0.3) is 10.9 Å². The Hall–Kier alpha value is -1.70. The van der Waals surface area contributed by atoms with Crippen molar-refractivity contribution in [1.29, 1.82) is 0 Å². The molecule has 0 saturated heterocycles. The molecular formula is C23H38N2O4Si. The summed E-state index contributed by atoms with van der Waals surface area (Å²) in [6.07, 6.45) is 2.82. The van der Waals surface area contributed by atoms with Crippen molar-refractivity contribution < 1.29 is 19.4 Å². The Labute approximate surface area is 181 Å². The van der Waals surface area contributed by atoms with Gasteiger partial charge in [0.15, 0.2) is 0 Å². The normalized spacial score (nSPS) is 13.6. The number of aromatic nitrogens is 2. The Kier molecular flexibility index (Phi) is 8.25. The molecule has 6 nitrogen and oxygen atoms in total. The summed E-state index contributed by atoms with van der Waals surface area (Å²) in [7, 11) is -1.10. The van der Waals surface area contributed by atoms with E-state index in [0.717, 1.165) is 34.7 Å². The number of hydrogen-bond donors (Lipinski definition) is 1. The Bertz CT molecular complexity index is 849. The molecule has 1 aromatic carbocycles. The average Bonchev–Trinajstić information content (AvgIpc) is 2.99. The van der Waals surface area contributed by atoms with Crippen LogP contribution in [0.2, 0.25) is 25.7 Å². The van der Waals surface area contributed by atoms with Crippen LogP contribution in [0.4, 0.5) is 0 Å². The van der Waals surface area contributed by atoms with Crippen molar-refractivity contribution in [2.75, 3.05) is 13.2 Å². The van der Waals surface area contributed by atoms with Crippen LogP contribution in [-0.2, 0) is 27.4 Å². The molecule has 1 heterocycles. The minimum Gasteiger partial charge on any atom is -0.460 e. The van der Waals surface area contributed by atoms with Gasteiger partial charge in [-0.25, -0.2) is 4.68 Å². The first-order valence-electron chi connectivity index (χ1n) is 10.7. The van der Waals surface area contributed by atoms with Crippen molar-refractivity contribution in [2.45, 2.75) is 78.6 Å². The van der Waals surface area contributed by atoms with Gasteiger partial charge in [0.25, 0.3) is 0 Å². The number of aliphatic hydroxyl groups is 1. The number of rotatable bonds is 10. The van der Waals surface area contributed by atoms with E-state index in [4.69, 9.17) is 9.47 Å². The number of carbonyl (C=O) groups excluding carboxylic acids is 1. The summed E-state index contributed by atoms with van der Waals surface area (Å²) in [5, 5.41) is 15.5. The van der Waals surface area contributed by atoms with Gasteiger partial charge in [-0.2, -0.15) is 5.10 Å². The zero-order chi connectivity index (χ0) is 22.5. The molecule has 0 aliphatic carbocycles. The minimum atomic E-state index is -1.10. The largest absolute Gasteiger partial charge is 0.460 e. The van der Waals surface area contributed by atoms with Crippen LogP contribution in [-0.4, -0.2) is 47.7 Å². The van der Waals surface area contributed by atoms with E-state index in [9.17, 15) is 9.90 Å². The molecule has 1 aromatic heterocycles. The SMILES string of the molecule is Cc1cc(CC(CO)CC(=O)OC(C)(C)C)cc2cn(COCC[Si](C)(C)C)nc12. The van der Waals surface area contributed by atoms with E-state index in [1.807, 2.05) is 38.6 Å². The molecule has 168 valence electrons. The highest BCUT2D eigenvalue weighted by atomic mass is 28.3. The van der Waals surface area contributed by atoms with Gasteiger partial charge >= 0.3 is 5.97 Å². The van der Waals surface area contributed by atoms with Crippen LogP contribution in [0.1, 0.15) is 38.3 Å². The lowest BCUT2D eigenvalue weighted by molar-refractivity contribution is -0.156. The van der Waals surface area contributed by atoms with Gasteiger partial charge in [0.1, 0.15) is 12.3 Å². The first-order chi connectivity index (χ1) is 13.9. The third kappa shape index (κ3) is 8.20. The van der Waals surface area contributed by atoms with E-state index >= 15 is 0 Å². The summed E-state index contributed by atoms with van der Waals surface area (Å²) < 4.78 is 13.1. The maximum absolute atomic E-state index is 12.1. The van der Waals surface area contributed by atoms with Crippen LogP contribution in [0, 0.1) is 12.8 Å². The van der Waals surface area contributed by atoms with Crippen molar-refractivity contribution in [1.82, 2.24) is 9.78 Å². The highest BCUT2D eigenvalue weighted by molar-refractivity contribution is 6.76. The third-order valence-corrected chi connectivity index (χ3v) is 6.49. The topological polar surface area (TPSA) is 73.6 Å². The first-order valence-corrected chi connectivity index (χ1v) is 14.4. The molecule has 0 bridgehead atoms. The maximum atomic E-state index is 12.1. The molecule has 0 amide bonds. The number of benzene rings is 1. The van der Waals surface area contributed by atoms with E-state index < -0.39 is 13.7 Å². The fraction of sp³-hybridized carbons (Fsp3) is 0.652. The van der Waals surface area contributed by atoms with Crippen molar-refractivity contribution in [2.24, 2.45) is 5.92 Å². The van der Waals surface area contributed by atoms with E-state index in [2.05, 4.69) is 36.9 Å². The molecule has 2 rings (SSSR count). The lowest BCUT2D eigenvalue weighted by Gasteiger charge is -2.21. The summed E-state index contributed by atoms with van der Waals surface area (Å²) in [4.78, 5) is 12.1. The smallest absolute Gasteiger partial charge is 0.306 e. The fourth-order valence-electron chi connectivity index (χ4n) is 3.31. The molecule has 1 N–H and O–H groups in total. The number of aryl methyl sites for hydroxylation is 1. The Morgan fingerprint density at radius 2 is 1.97 bits per heavy atom.